The Morgan fingerprint density at radius 1 is 0.700 bits per heavy atom. The van der Waals surface area contributed by atoms with Gasteiger partial charge in [-0.15, -0.1) is 0 Å². The van der Waals surface area contributed by atoms with E-state index in [1.54, 1.807) is 0 Å². The third kappa shape index (κ3) is 7.01. The number of anilines is 2. The fourth-order valence-electron chi connectivity index (χ4n) is 7.15. The molecule has 2 saturated heterocycles. The molecule has 3 fully saturated rings. The summed E-state index contributed by atoms with van der Waals surface area (Å²) in [4.78, 5) is 34.9. The zero-order chi connectivity index (χ0) is 28.2. The van der Waals surface area contributed by atoms with Crippen LogP contribution in [0.1, 0.15) is 40.0 Å². The maximum Gasteiger partial charge on any atom is 0.317 e. The maximum absolute atomic E-state index is 13.2. The number of para-hydroxylation sites is 2. The van der Waals surface area contributed by atoms with Crippen LogP contribution in [-0.2, 0) is 0 Å². The minimum atomic E-state index is -0.0762. The summed E-state index contributed by atoms with van der Waals surface area (Å²) in [5.41, 5.74) is 2.44. The van der Waals surface area contributed by atoms with Crippen LogP contribution in [0.25, 0.3) is 0 Å². The van der Waals surface area contributed by atoms with Crippen molar-refractivity contribution < 1.29 is 9.59 Å². The van der Waals surface area contributed by atoms with Gasteiger partial charge in [0.15, 0.2) is 0 Å². The number of urea groups is 2. The predicted molar refractivity (Wildman–Crippen MR) is 162 cm³/mol. The Hall–Kier alpha value is -3.42. The summed E-state index contributed by atoms with van der Waals surface area (Å²) < 4.78 is 0. The lowest BCUT2D eigenvalue weighted by molar-refractivity contribution is 0.0705. The second kappa shape index (κ2) is 12.0. The maximum atomic E-state index is 13.2. The van der Waals surface area contributed by atoms with Crippen molar-refractivity contribution in [1.29, 1.82) is 0 Å². The third-order valence-electron chi connectivity index (χ3n) is 8.81. The molecule has 1 aliphatic carbocycles. The Bertz CT molecular complexity index is 1130. The topological polar surface area (TPSA) is 71.2 Å². The van der Waals surface area contributed by atoms with Crippen LogP contribution >= 0.6 is 0 Å². The first-order valence-corrected chi connectivity index (χ1v) is 14.9. The summed E-state index contributed by atoms with van der Waals surface area (Å²) in [7, 11) is 0. The number of rotatable bonds is 5. The second-order valence-electron chi connectivity index (χ2n) is 13.0. The van der Waals surface area contributed by atoms with Gasteiger partial charge in [0.2, 0.25) is 0 Å². The Kier molecular flexibility index (Phi) is 8.43. The van der Waals surface area contributed by atoms with E-state index in [9.17, 15) is 9.59 Å². The van der Waals surface area contributed by atoms with Gasteiger partial charge in [0, 0.05) is 76.3 Å². The standard InChI is InChI=1S/C32H46N6O2/c1-31(2)22-26(34-30(40)38-20-16-36(17-21-38)28-12-8-5-9-13-28)23-32(3,24-31)25-33-29(39)37-18-14-35(15-19-37)27-10-6-4-7-11-27/h4-13,26H,14-25H2,1-3H3,(H,33,39)(H,34,40)/t26-,32-/m0/s1. The first-order valence-electron chi connectivity index (χ1n) is 14.9. The molecule has 2 heterocycles. The van der Waals surface area contributed by atoms with Crippen molar-refractivity contribution in [3.8, 4) is 0 Å². The average molecular weight is 547 g/mol. The number of hydrogen-bond donors (Lipinski definition) is 2. The van der Waals surface area contributed by atoms with Crippen molar-refractivity contribution in [3.63, 3.8) is 0 Å². The molecule has 2 aromatic rings. The van der Waals surface area contributed by atoms with E-state index in [1.165, 1.54) is 11.4 Å². The number of amides is 4. The summed E-state index contributed by atoms with van der Waals surface area (Å²) in [6, 6.07) is 21.0. The molecule has 2 N–H and O–H groups in total. The van der Waals surface area contributed by atoms with Crippen LogP contribution in [0.5, 0.6) is 0 Å². The van der Waals surface area contributed by atoms with E-state index >= 15 is 0 Å². The fraction of sp³-hybridized carbons (Fsp3) is 0.562. The molecule has 5 rings (SSSR count). The molecule has 2 aromatic carbocycles. The number of piperazine rings is 2. The van der Waals surface area contributed by atoms with E-state index in [2.05, 4.69) is 89.7 Å². The van der Waals surface area contributed by atoms with Crippen LogP contribution < -0.4 is 20.4 Å². The van der Waals surface area contributed by atoms with Gasteiger partial charge < -0.3 is 30.2 Å². The Labute approximate surface area is 239 Å². The fourth-order valence-corrected chi connectivity index (χ4v) is 7.15. The van der Waals surface area contributed by atoms with Gasteiger partial charge in [-0.05, 0) is 54.4 Å². The Balaban J connectivity index is 1.10. The molecule has 8 nitrogen and oxygen atoms in total. The molecule has 4 amide bonds. The molecule has 0 radical (unpaired) electrons. The summed E-state index contributed by atoms with van der Waals surface area (Å²) in [5, 5.41) is 6.62. The smallest absolute Gasteiger partial charge is 0.317 e. The highest BCUT2D eigenvalue weighted by Crippen LogP contribution is 2.45. The molecule has 0 aromatic heterocycles. The quantitative estimate of drug-likeness (QED) is 0.574. The molecule has 0 bridgehead atoms. The predicted octanol–water partition coefficient (Wildman–Crippen LogP) is 4.64. The van der Waals surface area contributed by atoms with Crippen molar-refractivity contribution in [2.75, 3.05) is 68.7 Å². The van der Waals surface area contributed by atoms with Crippen LogP contribution in [0, 0.1) is 10.8 Å². The molecule has 216 valence electrons. The molecule has 0 spiro atoms. The van der Waals surface area contributed by atoms with Gasteiger partial charge in [0.05, 0.1) is 0 Å². The number of carbonyl (C=O) groups is 2. The van der Waals surface area contributed by atoms with Crippen molar-refractivity contribution in [1.82, 2.24) is 20.4 Å². The normalized spacial score (nSPS) is 24.9. The summed E-state index contributed by atoms with van der Waals surface area (Å²) in [5.74, 6) is 0. The van der Waals surface area contributed by atoms with Gasteiger partial charge in [0.25, 0.3) is 0 Å². The highest BCUT2D eigenvalue weighted by atomic mass is 16.2. The van der Waals surface area contributed by atoms with E-state index in [-0.39, 0.29) is 28.9 Å². The summed E-state index contributed by atoms with van der Waals surface area (Å²) >= 11 is 0. The number of hydrogen-bond acceptors (Lipinski definition) is 4. The first kappa shape index (κ1) is 28.1. The zero-order valence-corrected chi connectivity index (χ0v) is 24.4. The van der Waals surface area contributed by atoms with E-state index in [0.717, 1.165) is 71.6 Å². The van der Waals surface area contributed by atoms with Gasteiger partial charge in [-0.1, -0.05) is 57.2 Å². The number of nitrogens with one attached hydrogen (secondary N) is 2. The number of benzene rings is 2. The molecular weight excluding hydrogens is 500 g/mol. The van der Waals surface area contributed by atoms with E-state index in [0.29, 0.717) is 6.54 Å². The average Bonchev–Trinajstić information content (AvgIpc) is 2.96. The Morgan fingerprint density at radius 3 is 1.68 bits per heavy atom. The highest BCUT2D eigenvalue weighted by Gasteiger charge is 2.42. The van der Waals surface area contributed by atoms with Gasteiger partial charge >= 0.3 is 12.1 Å². The lowest BCUT2D eigenvalue weighted by Crippen LogP contribution is -2.57. The summed E-state index contributed by atoms with van der Waals surface area (Å²) in [6.07, 6.45) is 2.84. The van der Waals surface area contributed by atoms with Crippen LogP contribution in [-0.4, -0.2) is 86.8 Å². The van der Waals surface area contributed by atoms with Gasteiger partial charge in [-0.25, -0.2) is 9.59 Å². The molecule has 1 saturated carbocycles. The zero-order valence-electron chi connectivity index (χ0n) is 24.4. The molecule has 40 heavy (non-hydrogen) atoms. The monoisotopic (exact) mass is 546 g/mol. The van der Waals surface area contributed by atoms with Crippen LogP contribution in [0.15, 0.2) is 60.7 Å². The lowest BCUT2D eigenvalue weighted by Gasteiger charge is -2.47. The van der Waals surface area contributed by atoms with Gasteiger partial charge in [-0.3, -0.25) is 0 Å². The highest BCUT2D eigenvalue weighted by molar-refractivity contribution is 5.75. The van der Waals surface area contributed by atoms with Crippen LogP contribution in [0.4, 0.5) is 21.0 Å². The van der Waals surface area contributed by atoms with E-state index in [1.807, 2.05) is 21.9 Å². The van der Waals surface area contributed by atoms with Crippen molar-refractivity contribution in [2.24, 2.45) is 10.8 Å². The van der Waals surface area contributed by atoms with E-state index < -0.39 is 0 Å². The van der Waals surface area contributed by atoms with Crippen LogP contribution in [0.3, 0.4) is 0 Å². The van der Waals surface area contributed by atoms with Crippen molar-refractivity contribution in [2.45, 2.75) is 46.1 Å². The molecule has 2 atom stereocenters. The lowest BCUT2D eigenvalue weighted by atomic mass is 9.62. The van der Waals surface area contributed by atoms with Gasteiger partial charge in [-0.2, -0.15) is 0 Å². The molecule has 0 unspecified atom stereocenters. The minimum absolute atomic E-state index is 0.0224. The minimum Gasteiger partial charge on any atom is -0.368 e. The summed E-state index contributed by atoms with van der Waals surface area (Å²) in [6.45, 7) is 13.7. The third-order valence-corrected chi connectivity index (χ3v) is 8.81. The Morgan fingerprint density at radius 2 is 1.18 bits per heavy atom. The van der Waals surface area contributed by atoms with E-state index in [4.69, 9.17) is 0 Å². The van der Waals surface area contributed by atoms with Gasteiger partial charge in [0.1, 0.15) is 0 Å². The SMILES string of the molecule is CC1(C)C[C@H](NC(=O)N2CCN(c3ccccc3)CC2)C[C@](C)(CNC(=O)N2CCN(c3ccccc3)CC2)C1. The second-order valence-corrected chi connectivity index (χ2v) is 13.0. The number of carbonyl (C=O) groups excluding carboxylic acids is 2. The number of nitrogens with zero attached hydrogens (tertiary/aromatic N) is 4. The first-order chi connectivity index (χ1) is 19.2. The molecule has 3 aliphatic rings. The van der Waals surface area contributed by atoms with Crippen LogP contribution in [0.2, 0.25) is 0 Å². The molecule has 8 heteroatoms. The molecule has 2 aliphatic heterocycles. The largest absolute Gasteiger partial charge is 0.368 e. The van der Waals surface area contributed by atoms with Crippen molar-refractivity contribution in [3.05, 3.63) is 60.7 Å². The van der Waals surface area contributed by atoms with Crippen molar-refractivity contribution >= 4 is 23.4 Å². The molecular formula is C32H46N6O2.